The molecule has 0 radical (unpaired) electrons. The Morgan fingerprint density at radius 2 is 1.79 bits per heavy atom. The van der Waals surface area contributed by atoms with E-state index < -0.39 is 0 Å². The van der Waals surface area contributed by atoms with Gasteiger partial charge in [-0.1, -0.05) is 36.4 Å². The molecule has 2 aromatic rings. The summed E-state index contributed by atoms with van der Waals surface area (Å²) in [5, 5.41) is 8.94. The molecule has 5 nitrogen and oxygen atoms in total. The number of ether oxygens (including phenoxy) is 1. The highest BCUT2D eigenvalue weighted by molar-refractivity contribution is 5.96. The van der Waals surface area contributed by atoms with Gasteiger partial charge in [0, 0.05) is 18.8 Å². The van der Waals surface area contributed by atoms with E-state index in [2.05, 4.69) is 6.07 Å². The zero-order valence-electron chi connectivity index (χ0n) is 17.0. The van der Waals surface area contributed by atoms with Crippen molar-refractivity contribution in [3.8, 4) is 11.8 Å². The van der Waals surface area contributed by atoms with Crippen molar-refractivity contribution >= 4 is 11.6 Å². The minimum absolute atomic E-state index is 0.00349. The molecule has 0 bridgehead atoms. The Balaban J connectivity index is 1.89. The number of nitrogens with zero attached hydrogens (tertiary/aromatic N) is 3. The predicted molar refractivity (Wildman–Crippen MR) is 112 cm³/mol. The average molecular weight is 380 g/mol. The van der Waals surface area contributed by atoms with Gasteiger partial charge in [-0.15, -0.1) is 0 Å². The highest BCUT2D eigenvalue weighted by atomic mass is 16.5. The van der Waals surface area contributed by atoms with Crippen molar-refractivity contribution in [3.63, 3.8) is 0 Å². The second-order valence-corrected chi connectivity index (χ2v) is 6.86. The number of anilines is 1. The molecule has 2 aromatic carbocycles. The Morgan fingerprint density at radius 3 is 2.46 bits per heavy atom. The second kappa shape index (κ2) is 11.1. The van der Waals surface area contributed by atoms with Crippen molar-refractivity contribution in [2.45, 2.75) is 32.7 Å². The summed E-state index contributed by atoms with van der Waals surface area (Å²) >= 11 is 0. The number of hydrogen-bond acceptors (Lipinski definition) is 4. The number of para-hydroxylation sites is 2. The molecule has 0 heterocycles. The minimum atomic E-state index is -0.280. The molecule has 0 aromatic heterocycles. The maximum Gasteiger partial charge on any atom is 0.244 e. The van der Waals surface area contributed by atoms with Gasteiger partial charge in [-0.25, -0.2) is 0 Å². The first kappa shape index (κ1) is 21.5. The van der Waals surface area contributed by atoms with Crippen LogP contribution in [0.3, 0.4) is 0 Å². The standard InChI is InChI=1S/C23H29N3O2/c1-19-11-7-8-14-22(19)28-18-10-16-25(3)20(2)23(27)26(17-9-15-24)21-12-5-4-6-13-21/h4-8,11-14,20H,9-10,16-18H2,1-3H3. The lowest BCUT2D eigenvalue weighted by Gasteiger charge is -2.30. The maximum atomic E-state index is 13.0. The van der Waals surface area contributed by atoms with Crippen molar-refractivity contribution < 1.29 is 9.53 Å². The minimum Gasteiger partial charge on any atom is -0.493 e. The second-order valence-electron chi connectivity index (χ2n) is 6.86. The van der Waals surface area contributed by atoms with E-state index in [0.717, 1.165) is 30.0 Å². The van der Waals surface area contributed by atoms with Crippen molar-refractivity contribution in [2.24, 2.45) is 0 Å². The zero-order chi connectivity index (χ0) is 20.4. The van der Waals surface area contributed by atoms with Gasteiger partial charge in [0.05, 0.1) is 25.1 Å². The summed E-state index contributed by atoms with van der Waals surface area (Å²) in [4.78, 5) is 16.8. The summed E-state index contributed by atoms with van der Waals surface area (Å²) in [5.41, 5.74) is 1.95. The first-order chi connectivity index (χ1) is 13.5. The van der Waals surface area contributed by atoms with Gasteiger partial charge in [-0.3, -0.25) is 9.69 Å². The average Bonchev–Trinajstić information content (AvgIpc) is 2.72. The third kappa shape index (κ3) is 6.11. The normalized spacial score (nSPS) is 11.7. The summed E-state index contributed by atoms with van der Waals surface area (Å²) in [6.07, 6.45) is 1.13. The van der Waals surface area contributed by atoms with Crippen LogP contribution in [0.15, 0.2) is 54.6 Å². The van der Waals surface area contributed by atoms with Crippen LogP contribution in [0.5, 0.6) is 5.75 Å². The zero-order valence-corrected chi connectivity index (χ0v) is 17.0. The van der Waals surface area contributed by atoms with Crippen LogP contribution in [0.1, 0.15) is 25.3 Å². The number of rotatable bonds is 10. The molecule has 0 saturated heterocycles. The molecule has 0 aliphatic carbocycles. The van der Waals surface area contributed by atoms with Crippen LogP contribution in [0.2, 0.25) is 0 Å². The number of carbonyl (C=O) groups excluding carboxylic acids is 1. The van der Waals surface area contributed by atoms with Crippen LogP contribution in [0.4, 0.5) is 5.69 Å². The van der Waals surface area contributed by atoms with Crippen LogP contribution < -0.4 is 9.64 Å². The van der Waals surface area contributed by atoms with Gasteiger partial charge >= 0.3 is 0 Å². The molecule has 28 heavy (non-hydrogen) atoms. The van der Waals surface area contributed by atoms with Crippen LogP contribution in [0, 0.1) is 18.3 Å². The quantitative estimate of drug-likeness (QED) is 0.585. The van der Waals surface area contributed by atoms with Gasteiger partial charge in [-0.2, -0.15) is 5.26 Å². The van der Waals surface area contributed by atoms with Crippen molar-refractivity contribution in [2.75, 3.05) is 31.6 Å². The third-order valence-corrected chi connectivity index (χ3v) is 4.81. The fourth-order valence-electron chi connectivity index (χ4n) is 2.96. The Kier molecular flexibility index (Phi) is 8.51. The highest BCUT2D eigenvalue weighted by Gasteiger charge is 2.24. The van der Waals surface area contributed by atoms with Gasteiger partial charge in [0.2, 0.25) is 5.91 Å². The van der Waals surface area contributed by atoms with Crippen LogP contribution in [-0.4, -0.2) is 43.6 Å². The molecule has 1 unspecified atom stereocenters. The number of benzene rings is 2. The number of hydrogen-bond donors (Lipinski definition) is 0. The molecular formula is C23H29N3O2. The van der Waals surface area contributed by atoms with E-state index in [-0.39, 0.29) is 11.9 Å². The fraction of sp³-hybridized carbons (Fsp3) is 0.391. The van der Waals surface area contributed by atoms with E-state index in [4.69, 9.17) is 10.00 Å². The Hall–Kier alpha value is -2.84. The van der Waals surface area contributed by atoms with Gasteiger partial charge in [0.15, 0.2) is 0 Å². The molecule has 148 valence electrons. The SMILES string of the molecule is Cc1ccccc1OCCCN(C)C(C)C(=O)N(CCC#N)c1ccccc1. The molecule has 0 N–H and O–H groups in total. The summed E-state index contributed by atoms with van der Waals surface area (Å²) < 4.78 is 5.84. The van der Waals surface area contributed by atoms with E-state index in [0.29, 0.717) is 19.6 Å². The van der Waals surface area contributed by atoms with E-state index >= 15 is 0 Å². The van der Waals surface area contributed by atoms with Gasteiger partial charge < -0.3 is 9.64 Å². The Bertz CT molecular complexity index is 786. The number of nitriles is 1. The Morgan fingerprint density at radius 1 is 1.11 bits per heavy atom. The van der Waals surface area contributed by atoms with E-state index in [1.165, 1.54) is 0 Å². The lowest BCUT2D eigenvalue weighted by atomic mass is 10.2. The molecule has 0 aliphatic heterocycles. The monoisotopic (exact) mass is 379 g/mol. The fourth-order valence-corrected chi connectivity index (χ4v) is 2.96. The number of aryl methyl sites for hydroxylation is 1. The van der Waals surface area contributed by atoms with Gasteiger partial charge in [-0.05, 0) is 51.1 Å². The van der Waals surface area contributed by atoms with Crippen molar-refractivity contribution in [1.29, 1.82) is 5.26 Å². The molecule has 0 fully saturated rings. The summed E-state index contributed by atoms with van der Waals surface area (Å²) in [6.45, 7) is 5.69. The largest absolute Gasteiger partial charge is 0.493 e. The molecule has 5 heteroatoms. The molecule has 0 spiro atoms. The summed E-state index contributed by atoms with van der Waals surface area (Å²) in [5.74, 6) is 0.907. The number of carbonyl (C=O) groups is 1. The smallest absolute Gasteiger partial charge is 0.244 e. The van der Waals surface area contributed by atoms with Crippen LogP contribution in [0.25, 0.3) is 0 Å². The lowest BCUT2D eigenvalue weighted by Crippen LogP contribution is -2.46. The summed E-state index contributed by atoms with van der Waals surface area (Å²) in [7, 11) is 1.95. The van der Waals surface area contributed by atoms with Gasteiger partial charge in [0.1, 0.15) is 5.75 Å². The lowest BCUT2D eigenvalue weighted by molar-refractivity contribution is -0.122. The topological polar surface area (TPSA) is 56.6 Å². The van der Waals surface area contributed by atoms with E-state index in [1.54, 1.807) is 4.90 Å². The highest BCUT2D eigenvalue weighted by Crippen LogP contribution is 2.18. The Labute approximate surface area is 168 Å². The van der Waals surface area contributed by atoms with Gasteiger partial charge in [0.25, 0.3) is 0 Å². The first-order valence-electron chi connectivity index (χ1n) is 9.66. The molecular weight excluding hydrogens is 350 g/mol. The molecule has 1 atom stereocenters. The molecule has 0 aliphatic rings. The van der Waals surface area contributed by atoms with Crippen LogP contribution in [-0.2, 0) is 4.79 Å². The predicted octanol–water partition coefficient (Wildman–Crippen LogP) is 4.03. The third-order valence-electron chi connectivity index (χ3n) is 4.81. The van der Waals surface area contributed by atoms with E-state index in [1.807, 2.05) is 80.4 Å². The first-order valence-corrected chi connectivity index (χ1v) is 9.66. The van der Waals surface area contributed by atoms with Crippen molar-refractivity contribution in [1.82, 2.24) is 4.90 Å². The molecule has 2 rings (SSSR count). The van der Waals surface area contributed by atoms with E-state index in [9.17, 15) is 4.79 Å². The molecule has 1 amide bonds. The van der Waals surface area contributed by atoms with Crippen molar-refractivity contribution in [3.05, 3.63) is 60.2 Å². The summed E-state index contributed by atoms with van der Waals surface area (Å²) in [6, 6.07) is 19.3. The maximum absolute atomic E-state index is 13.0. The van der Waals surface area contributed by atoms with Crippen LogP contribution >= 0.6 is 0 Å². The molecule has 0 saturated carbocycles. The number of likely N-dealkylation sites (N-methyl/N-ethyl adjacent to an activating group) is 1. The number of amides is 1.